The van der Waals surface area contributed by atoms with Crippen LogP contribution in [0.5, 0.6) is 5.75 Å². The number of hydrogen-bond acceptors (Lipinski definition) is 10. The molecule has 0 aliphatic carbocycles. The molecule has 5 rings (SSSR count). The van der Waals surface area contributed by atoms with Crippen molar-refractivity contribution in [3.8, 4) is 5.75 Å². The van der Waals surface area contributed by atoms with Gasteiger partial charge in [-0.1, -0.05) is 77.1 Å². The number of methoxy groups -OCH3 is 2. The highest BCUT2D eigenvalue weighted by Crippen LogP contribution is 2.56. The maximum Gasteiger partial charge on any atom is 0.179 e. The molecule has 0 radical (unpaired) electrons. The fourth-order valence-electron chi connectivity index (χ4n) is 8.17. The summed E-state index contributed by atoms with van der Waals surface area (Å²) in [6, 6.07) is 17.9. The number of aliphatic hydroxyl groups excluding tert-OH is 2. The third-order valence-corrected chi connectivity index (χ3v) is 11.5. The minimum Gasteiger partial charge on any atom is -0.497 e. The summed E-state index contributed by atoms with van der Waals surface area (Å²) in [5, 5.41) is 21.6. The molecule has 0 bridgehead atoms. The fraction of sp³-hybridized carbons (Fsp3) is 0.707. The first-order valence-electron chi connectivity index (χ1n) is 18.6. The van der Waals surface area contributed by atoms with E-state index in [1.54, 1.807) is 14.2 Å². The Morgan fingerprint density at radius 3 is 2.16 bits per heavy atom. The first-order valence-corrected chi connectivity index (χ1v) is 18.6. The van der Waals surface area contributed by atoms with Gasteiger partial charge in [-0.25, -0.2) is 0 Å². The van der Waals surface area contributed by atoms with Crippen molar-refractivity contribution < 1.29 is 48.1 Å². The van der Waals surface area contributed by atoms with Crippen molar-refractivity contribution in [1.82, 2.24) is 0 Å². The van der Waals surface area contributed by atoms with Crippen molar-refractivity contribution in [3.63, 3.8) is 0 Å². The summed E-state index contributed by atoms with van der Waals surface area (Å²) in [5.41, 5.74) is 1.41. The van der Waals surface area contributed by atoms with Crippen LogP contribution in [-0.2, 0) is 46.4 Å². The van der Waals surface area contributed by atoms with Gasteiger partial charge in [0.2, 0.25) is 0 Å². The van der Waals surface area contributed by atoms with E-state index in [4.69, 9.17) is 37.9 Å². The molecule has 11 atom stereocenters. The van der Waals surface area contributed by atoms with E-state index in [0.29, 0.717) is 39.1 Å². The van der Waals surface area contributed by atoms with Gasteiger partial charge in [-0.2, -0.15) is 0 Å². The zero-order valence-electron chi connectivity index (χ0n) is 32.1. The Labute approximate surface area is 305 Å². The first kappa shape index (κ1) is 40.1. The average Bonchev–Trinajstić information content (AvgIpc) is 3.32. The number of hydrogen-bond donors (Lipinski definition) is 2. The van der Waals surface area contributed by atoms with Gasteiger partial charge in [0.15, 0.2) is 11.6 Å². The molecule has 2 aromatic rings. The predicted molar refractivity (Wildman–Crippen MR) is 193 cm³/mol. The fourth-order valence-corrected chi connectivity index (χ4v) is 8.17. The quantitative estimate of drug-likeness (QED) is 0.204. The molecule has 3 aliphatic rings. The lowest BCUT2D eigenvalue weighted by molar-refractivity contribution is -0.343. The Balaban J connectivity index is 1.40. The maximum atomic E-state index is 11.6. The van der Waals surface area contributed by atoms with Gasteiger partial charge in [0, 0.05) is 56.3 Å². The van der Waals surface area contributed by atoms with Crippen molar-refractivity contribution in [2.45, 2.75) is 135 Å². The number of ether oxygens (including phenoxy) is 8. The molecule has 0 saturated carbocycles. The summed E-state index contributed by atoms with van der Waals surface area (Å²) in [6.45, 7) is 15.5. The summed E-state index contributed by atoms with van der Waals surface area (Å²) in [5.74, 6) is -1.41. The zero-order chi connectivity index (χ0) is 37.0. The highest BCUT2D eigenvalue weighted by atomic mass is 16.7. The molecule has 3 heterocycles. The van der Waals surface area contributed by atoms with Gasteiger partial charge < -0.3 is 48.1 Å². The summed E-state index contributed by atoms with van der Waals surface area (Å²) in [6.07, 6.45) is -1.43. The summed E-state index contributed by atoms with van der Waals surface area (Å²) >= 11 is 0. The van der Waals surface area contributed by atoms with Gasteiger partial charge in [-0.3, -0.25) is 0 Å². The van der Waals surface area contributed by atoms with Crippen LogP contribution in [0.3, 0.4) is 0 Å². The lowest BCUT2D eigenvalue weighted by atomic mass is 9.72. The molecule has 0 aromatic heterocycles. The standard InChI is InChI=1S/C41H62O10/c1-26(23-42)36-28(3)34(48-40(6,7)50-36)21-35(45-9)37-38(47-25-30-15-17-31(44-8)18-16-30)39(4,5)41(51-37)22-32(43)27(2)33(49-41)19-20-46-24-29-13-11-10-12-14-29/h10-18,26-28,32-38,42-43H,19-25H2,1-9H3/t26-,27+,28+,32-,33+,34+,35+,36-,37-,38+,41-/m1/s1. The SMILES string of the molecule is COc1ccc(CO[C@H]2[C@@H]([C@H](C[C@@H]3OC(C)(C)O[C@H]([C@H](C)CO)[C@H]3C)OC)O[C@]3(C[C@@H](O)[C@H](C)[C@H](CCOCc4ccccc4)O3)C2(C)C)cc1. The first-order chi connectivity index (χ1) is 24.2. The van der Waals surface area contributed by atoms with E-state index in [1.165, 1.54) is 0 Å². The average molecular weight is 715 g/mol. The van der Waals surface area contributed by atoms with E-state index in [-0.39, 0.29) is 42.7 Å². The third-order valence-electron chi connectivity index (χ3n) is 11.5. The topological polar surface area (TPSA) is 114 Å². The largest absolute Gasteiger partial charge is 0.497 e. The lowest BCUT2D eigenvalue weighted by Gasteiger charge is -2.50. The van der Waals surface area contributed by atoms with Crippen molar-refractivity contribution in [2.24, 2.45) is 23.2 Å². The molecule has 51 heavy (non-hydrogen) atoms. The molecule has 2 aromatic carbocycles. The maximum absolute atomic E-state index is 11.6. The third kappa shape index (κ3) is 8.99. The molecule has 0 amide bonds. The van der Waals surface area contributed by atoms with Crippen LogP contribution in [0.2, 0.25) is 0 Å². The molecule has 286 valence electrons. The van der Waals surface area contributed by atoms with E-state index in [2.05, 4.69) is 20.8 Å². The summed E-state index contributed by atoms with van der Waals surface area (Å²) in [4.78, 5) is 0. The van der Waals surface area contributed by atoms with Crippen LogP contribution in [0, 0.1) is 23.2 Å². The van der Waals surface area contributed by atoms with Crippen molar-refractivity contribution in [2.75, 3.05) is 27.4 Å². The zero-order valence-corrected chi connectivity index (χ0v) is 32.1. The minimum atomic E-state index is -1.15. The van der Waals surface area contributed by atoms with E-state index in [9.17, 15) is 10.2 Å². The molecule has 3 fully saturated rings. The van der Waals surface area contributed by atoms with Crippen molar-refractivity contribution >= 4 is 0 Å². The predicted octanol–water partition coefficient (Wildman–Crippen LogP) is 6.28. The second-order valence-corrected chi connectivity index (χ2v) is 15.9. The smallest absolute Gasteiger partial charge is 0.179 e. The van der Waals surface area contributed by atoms with Crippen molar-refractivity contribution in [3.05, 3.63) is 65.7 Å². The van der Waals surface area contributed by atoms with Gasteiger partial charge in [-0.05, 0) is 43.5 Å². The van der Waals surface area contributed by atoms with E-state index < -0.39 is 41.4 Å². The van der Waals surface area contributed by atoms with Gasteiger partial charge in [-0.15, -0.1) is 0 Å². The molecule has 2 N–H and O–H groups in total. The normalized spacial score (nSPS) is 34.3. The Kier molecular flexibility index (Phi) is 13.3. The molecule has 1 spiro atoms. The summed E-state index contributed by atoms with van der Waals surface area (Å²) < 4.78 is 51.6. The lowest BCUT2D eigenvalue weighted by Crippen LogP contribution is -2.58. The molecular weight excluding hydrogens is 652 g/mol. The Morgan fingerprint density at radius 1 is 0.824 bits per heavy atom. The van der Waals surface area contributed by atoms with Crippen LogP contribution in [0.15, 0.2) is 54.6 Å². The monoisotopic (exact) mass is 714 g/mol. The molecule has 10 heteroatoms. The van der Waals surface area contributed by atoms with Crippen LogP contribution in [-0.4, -0.2) is 91.9 Å². The van der Waals surface area contributed by atoms with Gasteiger partial charge in [0.1, 0.15) is 11.9 Å². The number of benzene rings is 2. The Morgan fingerprint density at radius 2 is 1.51 bits per heavy atom. The number of rotatable bonds is 15. The van der Waals surface area contributed by atoms with Gasteiger partial charge in [0.05, 0.1) is 56.9 Å². The Bertz CT molecular complexity index is 1350. The summed E-state index contributed by atoms with van der Waals surface area (Å²) in [7, 11) is 3.35. The molecule has 10 nitrogen and oxygen atoms in total. The highest BCUT2D eigenvalue weighted by Gasteiger charge is 2.67. The highest BCUT2D eigenvalue weighted by molar-refractivity contribution is 5.26. The molecule has 3 aliphatic heterocycles. The molecule has 0 unspecified atom stereocenters. The van der Waals surface area contributed by atoms with E-state index in [1.807, 2.05) is 82.3 Å². The van der Waals surface area contributed by atoms with Crippen LogP contribution in [0.25, 0.3) is 0 Å². The van der Waals surface area contributed by atoms with Crippen molar-refractivity contribution in [1.29, 1.82) is 0 Å². The van der Waals surface area contributed by atoms with E-state index in [0.717, 1.165) is 16.9 Å². The van der Waals surface area contributed by atoms with E-state index >= 15 is 0 Å². The van der Waals surface area contributed by atoms with Crippen LogP contribution in [0.4, 0.5) is 0 Å². The molecular formula is C41H62O10. The van der Waals surface area contributed by atoms with Crippen LogP contribution < -0.4 is 4.74 Å². The minimum absolute atomic E-state index is 0.0196. The van der Waals surface area contributed by atoms with Crippen LogP contribution in [0.1, 0.15) is 78.9 Å². The number of aliphatic hydroxyl groups is 2. The van der Waals surface area contributed by atoms with Crippen LogP contribution >= 0.6 is 0 Å². The molecule has 3 saturated heterocycles. The Hall–Kier alpha value is -2.12. The second-order valence-electron chi connectivity index (χ2n) is 15.9. The second kappa shape index (κ2) is 16.9. The van der Waals surface area contributed by atoms with Gasteiger partial charge in [0.25, 0.3) is 0 Å². The van der Waals surface area contributed by atoms with Gasteiger partial charge >= 0.3 is 0 Å².